The van der Waals surface area contributed by atoms with Crippen molar-refractivity contribution < 1.29 is 9.47 Å². The summed E-state index contributed by atoms with van der Waals surface area (Å²) in [4.78, 5) is 10.9. The lowest BCUT2D eigenvalue weighted by Gasteiger charge is -2.31. The molecule has 164 valence electrons. The zero-order valence-corrected chi connectivity index (χ0v) is 19.9. The number of hydrogen-bond donors (Lipinski definition) is 0. The van der Waals surface area contributed by atoms with E-state index < -0.39 is 0 Å². The second kappa shape index (κ2) is 8.05. The second-order valence-corrected chi connectivity index (χ2v) is 8.37. The van der Waals surface area contributed by atoms with Crippen LogP contribution in [0.25, 0.3) is 0 Å². The molecular formula is C23H35N5O2. The fraction of sp³-hybridized carbons (Fsp3) is 0.478. The number of methoxy groups -OCH3 is 2. The Kier molecular flexibility index (Phi) is 5.83. The van der Waals surface area contributed by atoms with Gasteiger partial charge in [-0.25, -0.2) is 0 Å². The van der Waals surface area contributed by atoms with Crippen LogP contribution >= 0.6 is 0 Å². The van der Waals surface area contributed by atoms with Gasteiger partial charge in [0.1, 0.15) is 17.7 Å². The molecule has 2 aromatic carbocycles. The van der Waals surface area contributed by atoms with Crippen molar-refractivity contribution in [3.8, 4) is 11.5 Å². The van der Waals surface area contributed by atoms with Crippen LogP contribution in [0.2, 0.25) is 0 Å². The molecule has 30 heavy (non-hydrogen) atoms. The van der Waals surface area contributed by atoms with Gasteiger partial charge in [-0.15, -0.1) is 0 Å². The maximum absolute atomic E-state index is 5.83. The molecule has 2 aromatic rings. The van der Waals surface area contributed by atoms with Crippen LogP contribution in [0.5, 0.6) is 11.5 Å². The van der Waals surface area contributed by atoms with Crippen molar-refractivity contribution in [2.24, 2.45) is 0 Å². The molecule has 7 heteroatoms. The van der Waals surface area contributed by atoms with E-state index in [1.807, 2.05) is 14.1 Å². The Labute approximate surface area is 181 Å². The largest absolute Gasteiger partial charge is 0.496 e. The molecule has 1 heterocycles. The van der Waals surface area contributed by atoms with Crippen LogP contribution in [0.4, 0.5) is 28.4 Å². The Bertz CT molecular complexity index is 860. The van der Waals surface area contributed by atoms with Crippen molar-refractivity contribution in [1.82, 2.24) is 0 Å². The summed E-state index contributed by atoms with van der Waals surface area (Å²) >= 11 is 0. The Morgan fingerprint density at radius 2 is 1.07 bits per heavy atom. The molecule has 0 N–H and O–H groups in total. The molecule has 0 aromatic heterocycles. The number of nitrogens with zero attached hydrogens (tertiary/aromatic N) is 5. The smallest absolute Gasteiger partial charge is 0.135 e. The third-order valence-electron chi connectivity index (χ3n) is 5.83. The molecule has 3 rings (SSSR count). The highest BCUT2D eigenvalue weighted by Gasteiger charge is 2.37. The van der Waals surface area contributed by atoms with Crippen molar-refractivity contribution in [3.05, 3.63) is 29.8 Å². The summed E-state index contributed by atoms with van der Waals surface area (Å²) in [5, 5.41) is 0. The second-order valence-electron chi connectivity index (χ2n) is 8.37. The molecule has 0 saturated heterocycles. The number of hydrogen-bond acceptors (Lipinski definition) is 7. The number of benzene rings is 2. The van der Waals surface area contributed by atoms with Crippen molar-refractivity contribution in [1.29, 1.82) is 0 Å². The van der Waals surface area contributed by atoms with E-state index in [0.717, 1.165) is 22.7 Å². The van der Waals surface area contributed by atoms with E-state index in [1.54, 1.807) is 14.2 Å². The highest BCUT2D eigenvalue weighted by molar-refractivity contribution is 5.89. The third-order valence-corrected chi connectivity index (χ3v) is 5.83. The lowest BCUT2D eigenvalue weighted by atomic mass is 10.1. The van der Waals surface area contributed by atoms with E-state index in [4.69, 9.17) is 9.47 Å². The summed E-state index contributed by atoms with van der Waals surface area (Å²) in [5.41, 5.74) is 6.78. The predicted octanol–water partition coefficient (Wildman–Crippen LogP) is 3.49. The zero-order valence-electron chi connectivity index (χ0n) is 19.9. The van der Waals surface area contributed by atoms with Gasteiger partial charge in [0.2, 0.25) is 0 Å². The summed E-state index contributed by atoms with van der Waals surface area (Å²) in [6.07, 6.45) is -0.0477. The van der Waals surface area contributed by atoms with Crippen molar-refractivity contribution in [2.75, 3.05) is 95.1 Å². The number of ether oxygens (including phenoxy) is 2. The third kappa shape index (κ3) is 3.42. The number of anilines is 5. The first kappa shape index (κ1) is 21.7. The molecule has 0 saturated carbocycles. The highest BCUT2D eigenvalue weighted by atomic mass is 16.5. The molecule has 0 fully saturated rings. The topological polar surface area (TPSA) is 34.7 Å². The van der Waals surface area contributed by atoms with Gasteiger partial charge in [0.25, 0.3) is 0 Å². The maximum atomic E-state index is 5.83. The standard InChI is InChI=1S/C23H35N5O2/c1-24(2)15-11-20(29-9)22(21(12-15)30-10)23-27(7)18-13-16(25(3)4)17(26(5)6)14-19(18)28(23)8/h11-14,23H,1-10H3. The van der Waals surface area contributed by atoms with Crippen LogP contribution < -0.4 is 34.0 Å². The van der Waals surface area contributed by atoms with Gasteiger partial charge in [0.15, 0.2) is 0 Å². The molecule has 0 aliphatic carbocycles. The van der Waals surface area contributed by atoms with Gasteiger partial charge in [-0.3, -0.25) is 0 Å². The van der Waals surface area contributed by atoms with Crippen LogP contribution in [0.3, 0.4) is 0 Å². The van der Waals surface area contributed by atoms with E-state index >= 15 is 0 Å². The average Bonchev–Trinajstić information content (AvgIpc) is 2.95. The molecule has 0 amide bonds. The minimum Gasteiger partial charge on any atom is -0.496 e. The normalized spacial score (nSPS) is 13.4. The van der Waals surface area contributed by atoms with Crippen LogP contribution in [0.15, 0.2) is 24.3 Å². The van der Waals surface area contributed by atoms with E-state index in [1.165, 1.54) is 22.7 Å². The number of rotatable bonds is 6. The molecule has 1 aliphatic rings. The van der Waals surface area contributed by atoms with E-state index in [0.29, 0.717) is 0 Å². The van der Waals surface area contributed by atoms with Gasteiger partial charge in [-0.05, 0) is 12.1 Å². The van der Waals surface area contributed by atoms with Crippen molar-refractivity contribution in [3.63, 3.8) is 0 Å². The monoisotopic (exact) mass is 413 g/mol. The highest BCUT2D eigenvalue weighted by Crippen LogP contribution is 2.52. The van der Waals surface area contributed by atoms with Gasteiger partial charge in [-0.2, -0.15) is 0 Å². The van der Waals surface area contributed by atoms with Crippen LogP contribution in [-0.4, -0.2) is 70.6 Å². The first-order valence-corrected chi connectivity index (χ1v) is 10.0. The molecule has 0 spiro atoms. The molecule has 7 nitrogen and oxygen atoms in total. The predicted molar refractivity (Wildman–Crippen MR) is 129 cm³/mol. The fourth-order valence-corrected chi connectivity index (χ4v) is 4.18. The Morgan fingerprint density at radius 1 is 0.667 bits per heavy atom. The first-order valence-electron chi connectivity index (χ1n) is 10.0. The summed E-state index contributed by atoms with van der Waals surface area (Å²) in [5.74, 6) is 1.63. The SMILES string of the molecule is COc1cc(N(C)C)cc(OC)c1C1N(C)c2cc(N(C)C)c(N(C)C)cc2N1C. The van der Waals surface area contributed by atoms with Crippen LogP contribution in [-0.2, 0) is 0 Å². The van der Waals surface area contributed by atoms with Crippen LogP contribution in [0, 0.1) is 0 Å². The zero-order chi connectivity index (χ0) is 22.3. The lowest BCUT2D eigenvalue weighted by Crippen LogP contribution is -2.31. The first-order chi connectivity index (χ1) is 14.1. The van der Waals surface area contributed by atoms with E-state index in [-0.39, 0.29) is 6.17 Å². The Hall–Kier alpha value is -2.96. The van der Waals surface area contributed by atoms with Gasteiger partial charge < -0.3 is 34.0 Å². The van der Waals surface area contributed by atoms with Gasteiger partial charge in [0, 0.05) is 74.2 Å². The van der Waals surface area contributed by atoms with Gasteiger partial charge >= 0.3 is 0 Å². The minimum absolute atomic E-state index is 0.0477. The summed E-state index contributed by atoms with van der Waals surface area (Å²) in [7, 11) is 20.0. The minimum atomic E-state index is -0.0477. The summed E-state index contributed by atoms with van der Waals surface area (Å²) in [6, 6.07) is 8.65. The molecular weight excluding hydrogens is 378 g/mol. The van der Waals surface area contributed by atoms with Crippen molar-refractivity contribution >= 4 is 28.4 Å². The average molecular weight is 414 g/mol. The summed E-state index contributed by atoms with van der Waals surface area (Å²) in [6.45, 7) is 0. The molecule has 1 aliphatic heterocycles. The van der Waals surface area contributed by atoms with E-state index in [9.17, 15) is 0 Å². The summed E-state index contributed by atoms with van der Waals surface area (Å²) < 4.78 is 11.7. The lowest BCUT2D eigenvalue weighted by molar-refractivity contribution is 0.378. The molecule has 0 atom stereocenters. The van der Waals surface area contributed by atoms with Gasteiger partial charge in [0.05, 0.1) is 42.5 Å². The van der Waals surface area contributed by atoms with Crippen molar-refractivity contribution in [2.45, 2.75) is 6.17 Å². The number of fused-ring (bicyclic) bond motifs is 1. The van der Waals surface area contributed by atoms with E-state index in [2.05, 4.69) is 91.1 Å². The maximum Gasteiger partial charge on any atom is 0.135 e. The molecule has 0 bridgehead atoms. The molecule has 0 unspecified atom stereocenters. The van der Waals surface area contributed by atoms with Gasteiger partial charge in [-0.1, -0.05) is 0 Å². The quantitative estimate of drug-likeness (QED) is 0.717. The Balaban J connectivity index is 2.19. The Morgan fingerprint density at radius 3 is 1.37 bits per heavy atom. The fourth-order valence-electron chi connectivity index (χ4n) is 4.18. The molecule has 0 radical (unpaired) electrons. The van der Waals surface area contributed by atoms with Crippen LogP contribution in [0.1, 0.15) is 11.7 Å².